The summed E-state index contributed by atoms with van der Waals surface area (Å²) in [5, 5.41) is 5.54. The summed E-state index contributed by atoms with van der Waals surface area (Å²) in [5.41, 5.74) is -1.15. The number of fused-ring (bicyclic) bond motifs is 2. The minimum absolute atomic E-state index is 0.180. The Morgan fingerprint density at radius 2 is 1.37 bits per heavy atom. The normalized spacial score (nSPS) is 24.1. The van der Waals surface area contributed by atoms with Crippen LogP contribution in [-0.4, -0.2) is 26.8 Å². The van der Waals surface area contributed by atoms with Crippen LogP contribution in [0.4, 0.5) is 11.9 Å². The predicted molar refractivity (Wildman–Crippen MR) is 104 cm³/mol. The van der Waals surface area contributed by atoms with E-state index in [4.69, 9.17) is 0 Å². The van der Waals surface area contributed by atoms with Gasteiger partial charge in [-0.2, -0.15) is 15.0 Å². The number of nitrogens with zero attached hydrogens (tertiary/aromatic N) is 3. The van der Waals surface area contributed by atoms with Gasteiger partial charge in [-0.05, 0) is 24.7 Å². The highest BCUT2D eigenvalue weighted by Gasteiger charge is 2.39. The minimum Gasteiger partial charge on any atom is -0.294 e. The van der Waals surface area contributed by atoms with Crippen LogP contribution in [-0.2, 0) is 9.59 Å². The molecule has 2 aliphatic carbocycles. The van der Waals surface area contributed by atoms with E-state index in [1.165, 1.54) is 0 Å². The highest BCUT2D eigenvalue weighted by Crippen LogP contribution is 2.48. The van der Waals surface area contributed by atoms with Gasteiger partial charge < -0.3 is 0 Å². The van der Waals surface area contributed by atoms with Crippen LogP contribution in [0.1, 0.15) is 66.1 Å². The van der Waals surface area contributed by atoms with Crippen LogP contribution in [0.5, 0.6) is 0 Å². The van der Waals surface area contributed by atoms with Gasteiger partial charge in [-0.1, -0.05) is 53.7 Å². The number of carbonyl (C=O) groups excluding carboxylic acids is 2. The van der Waals surface area contributed by atoms with Gasteiger partial charge in [0.1, 0.15) is 5.82 Å². The Morgan fingerprint density at radius 1 is 0.852 bits per heavy atom. The predicted octanol–water partition coefficient (Wildman–Crippen LogP) is 3.52. The number of hydrogen-bond donors (Lipinski definition) is 2. The standard InChI is InChI=1S/C20H29N5O2/c1-19(2,3)15(26)23-17-21-14(13-10-11-7-8-12(13)9-11)22-18(25-17)24-16(27)20(4,5)6/h7-8,11-13H,9-10H2,1-6H3,(H2,21,22,23,24,25,26,27). The number of nitrogens with one attached hydrogen (secondary N) is 2. The molecule has 1 fully saturated rings. The molecular formula is C20H29N5O2. The van der Waals surface area contributed by atoms with E-state index < -0.39 is 10.8 Å². The minimum atomic E-state index is -0.573. The molecule has 0 spiro atoms. The fourth-order valence-corrected chi connectivity index (χ4v) is 3.33. The summed E-state index contributed by atoms with van der Waals surface area (Å²) in [4.78, 5) is 38.1. The maximum absolute atomic E-state index is 12.4. The summed E-state index contributed by atoms with van der Waals surface area (Å²) in [5.74, 6) is 1.83. The molecule has 0 aliphatic heterocycles. The van der Waals surface area contributed by atoms with E-state index in [0.29, 0.717) is 17.7 Å². The Labute approximate surface area is 160 Å². The molecule has 0 saturated heterocycles. The van der Waals surface area contributed by atoms with E-state index in [9.17, 15) is 9.59 Å². The van der Waals surface area contributed by atoms with Gasteiger partial charge in [0.25, 0.3) is 0 Å². The third-order valence-electron chi connectivity index (χ3n) is 5.08. The molecule has 2 N–H and O–H groups in total. The average molecular weight is 371 g/mol. The van der Waals surface area contributed by atoms with Crippen molar-refractivity contribution in [3.05, 3.63) is 18.0 Å². The van der Waals surface area contributed by atoms with Crippen LogP contribution in [0, 0.1) is 22.7 Å². The second-order valence-corrected chi connectivity index (χ2v) is 9.64. The first-order valence-electron chi connectivity index (χ1n) is 9.50. The smallest absolute Gasteiger partial charge is 0.234 e. The van der Waals surface area contributed by atoms with E-state index in [2.05, 4.69) is 37.7 Å². The van der Waals surface area contributed by atoms with Crippen LogP contribution in [0.15, 0.2) is 12.2 Å². The molecule has 3 unspecified atom stereocenters. The molecule has 1 heterocycles. The lowest BCUT2D eigenvalue weighted by Crippen LogP contribution is -2.31. The molecule has 27 heavy (non-hydrogen) atoms. The first-order chi connectivity index (χ1) is 12.4. The van der Waals surface area contributed by atoms with Crippen molar-refractivity contribution in [2.45, 2.75) is 60.3 Å². The Bertz CT molecular complexity index is 742. The molecule has 2 bridgehead atoms. The quantitative estimate of drug-likeness (QED) is 0.792. The SMILES string of the molecule is CC(C)(C)C(=O)Nc1nc(NC(=O)C(C)(C)C)nc(C2CC3C=CC2C3)n1. The molecule has 1 aromatic heterocycles. The van der Waals surface area contributed by atoms with Crippen molar-refractivity contribution in [2.24, 2.45) is 22.7 Å². The largest absolute Gasteiger partial charge is 0.294 e. The second-order valence-electron chi connectivity index (χ2n) is 9.64. The number of allylic oxidation sites excluding steroid dienone is 2. The lowest BCUT2D eigenvalue weighted by molar-refractivity contribution is -0.123. The van der Waals surface area contributed by atoms with Gasteiger partial charge in [-0.15, -0.1) is 0 Å². The van der Waals surface area contributed by atoms with Gasteiger partial charge in [0.05, 0.1) is 0 Å². The summed E-state index contributed by atoms with van der Waals surface area (Å²) in [6.45, 7) is 11.0. The van der Waals surface area contributed by atoms with Crippen molar-refractivity contribution >= 4 is 23.7 Å². The molecule has 146 valence electrons. The number of amides is 2. The van der Waals surface area contributed by atoms with Crippen molar-refractivity contribution < 1.29 is 9.59 Å². The Morgan fingerprint density at radius 3 is 1.74 bits per heavy atom. The Hall–Kier alpha value is -2.31. The molecule has 2 amide bonds. The van der Waals surface area contributed by atoms with Crippen LogP contribution in [0.2, 0.25) is 0 Å². The maximum atomic E-state index is 12.4. The van der Waals surface area contributed by atoms with Gasteiger partial charge >= 0.3 is 0 Å². The average Bonchev–Trinajstić information content (AvgIpc) is 3.15. The summed E-state index contributed by atoms with van der Waals surface area (Å²) in [6, 6.07) is 0. The third-order valence-corrected chi connectivity index (χ3v) is 5.08. The molecule has 1 saturated carbocycles. The van der Waals surface area contributed by atoms with Gasteiger partial charge in [0.15, 0.2) is 0 Å². The van der Waals surface area contributed by atoms with Crippen LogP contribution >= 0.6 is 0 Å². The Kier molecular flexibility index (Phi) is 4.82. The third kappa shape index (κ3) is 4.34. The van der Waals surface area contributed by atoms with Gasteiger partial charge in [-0.3, -0.25) is 20.2 Å². The van der Waals surface area contributed by atoms with Gasteiger partial charge in [0.2, 0.25) is 23.7 Å². The number of rotatable bonds is 3. The molecule has 3 atom stereocenters. The first kappa shape index (κ1) is 19.5. The lowest BCUT2D eigenvalue weighted by atomic mass is 9.93. The monoisotopic (exact) mass is 371 g/mol. The number of aromatic nitrogens is 3. The molecule has 1 aromatic rings. The fourth-order valence-electron chi connectivity index (χ4n) is 3.33. The number of anilines is 2. The first-order valence-corrected chi connectivity index (χ1v) is 9.50. The molecule has 2 aliphatic rings. The molecule has 7 nitrogen and oxygen atoms in total. The van der Waals surface area contributed by atoms with Crippen LogP contribution in [0.3, 0.4) is 0 Å². The summed E-state index contributed by atoms with van der Waals surface area (Å²) >= 11 is 0. The zero-order chi connectivity index (χ0) is 20.0. The fraction of sp³-hybridized carbons (Fsp3) is 0.650. The zero-order valence-electron chi connectivity index (χ0n) is 17.0. The molecule has 7 heteroatoms. The topological polar surface area (TPSA) is 96.9 Å². The van der Waals surface area contributed by atoms with Crippen molar-refractivity contribution in [1.82, 2.24) is 15.0 Å². The van der Waals surface area contributed by atoms with E-state index in [1.54, 1.807) is 0 Å². The highest BCUT2D eigenvalue weighted by molar-refractivity contribution is 5.94. The summed E-state index contributed by atoms with van der Waals surface area (Å²) in [7, 11) is 0. The van der Waals surface area contributed by atoms with E-state index in [-0.39, 0.29) is 29.6 Å². The van der Waals surface area contributed by atoms with Crippen molar-refractivity contribution in [3.63, 3.8) is 0 Å². The van der Waals surface area contributed by atoms with Crippen molar-refractivity contribution in [3.8, 4) is 0 Å². The van der Waals surface area contributed by atoms with Gasteiger partial charge in [0, 0.05) is 16.7 Å². The molecular weight excluding hydrogens is 342 g/mol. The van der Waals surface area contributed by atoms with Crippen molar-refractivity contribution in [2.75, 3.05) is 10.6 Å². The van der Waals surface area contributed by atoms with E-state index in [0.717, 1.165) is 12.8 Å². The van der Waals surface area contributed by atoms with Crippen molar-refractivity contribution in [1.29, 1.82) is 0 Å². The summed E-state index contributed by atoms with van der Waals surface area (Å²) < 4.78 is 0. The lowest BCUT2D eigenvalue weighted by Gasteiger charge is -2.21. The van der Waals surface area contributed by atoms with E-state index >= 15 is 0 Å². The number of hydrogen-bond acceptors (Lipinski definition) is 5. The van der Waals surface area contributed by atoms with Gasteiger partial charge in [-0.25, -0.2) is 0 Å². The van der Waals surface area contributed by atoms with Crippen LogP contribution < -0.4 is 10.6 Å². The van der Waals surface area contributed by atoms with E-state index in [1.807, 2.05) is 41.5 Å². The Balaban J connectivity index is 1.91. The molecule has 3 rings (SSSR count). The highest BCUT2D eigenvalue weighted by atomic mass is 16.2. The zero-order valence-corrected chi connectivity index (χ0v) is 17.0. The van der Waals surface area contributed by atoms with Crippen LogP contribution in [0.25, 0.3) is 0 Å². The molecule has 0 aromatic carbocycles. The molecule has 0 radical (unpaired) electrons. The number of carbonyl (C=O) groups is 2. The summed E-state index contributed by atoms with van der Waals surface area (Å²) in [6.07, 6.45) is 6.59. The maximum Gasteiger partial charge on any atom is 0.234 e. The second kappa shape index (κ2) is 6.69.